The Hall–Kier alpha value is -0.740. The van der Waals surface area contributed by atoms with Crippen LogP contribution in [0.15, 0.2) is 18.5 Å². The molecule has 1 N–H and O–H groups in total. The summed E-state index contributed by atoms with van der Waals surface area (Å²) in [7, 11) is 4.12. The average molecular weight is 239 g/mol. The Morgan fingerprint density at radius 3 is 2.88 bits per heavy atom. The molecule has 0 radical (unpaired) electrons. The van der Waals surface area contributed by atoms with Crippen molar-refractivity contribution in [1.82, 2.24) is 10.3 Å². The van der Waals surface area contributed by atoms with E-state index >= 15 is 0 Å². The van der Waals surface area contributed by atoms with Crippen LogP contribution in [0.3, 0.4) is 0 Å². The van der Waals surface area contributed by atoms with Gasteiger partial charge in [0, 0.05) is 56.1 Å². The van der Waals surface area contributed by atoms with Crippen molar-refractivity contribution < 1.29 is 0 Å². The summed E-state index contributed by atoms with van der Waals surface area (Å²) < 4.78 is 0. The molecule has 1 aromatic rings. The van der Waals surface area contributed by atoms with Gasteiger partial charge in [-0.25, -0.2) is 0 Å². The summed E-state index contributed by atoms with van der Waals surface area (Å²) in [6, 6.07) is 2.05. The zero-order chi connectivity index (χ0) is 12.0. The molecule has 0 bridgehead atoms. The van der Waals surface area contributed by atoms with Crippen molar-refractivity contribution in [3.8, 4) is 0 Å². The Kier molecular flexibility index (Phi) is 5.63. The van der Waals surface area contributed by atoms with Gasteiger partial charge in [-0.15, -0.1) is 0 Å². The first-order valence-electron chi connectivity index (χ1n) is 5.49. The van der Waals surface area contributed by atoms with Crippen molar-refractivity contribution in [3.63, 3.8) is 0 Å². The van der Waals surface area contributed by atoms with Crippen LogP contribution in [-0.4, -0.2) is 37.1 Å². The Balaban J connectivity index is 2.53. The van der Waals surface area contributed by atoms with E-state index in [0.717, 1.165) is 13.1 Å². The van der Waals surface area contributed by atoms with Gasteiger partial charge in [0.05, 0.1) is 0 Å². The van der Waals surface area contributed by atoms with Crippen molar-refractivity contribution in [1.29, 1.82) is 0 Å². The van der Waals surface area contributed by atoms with Crippen LogP contribution in [0.4, 0.5) is 5.69 Å². The van der Waals surface area contributed by atoms with Gasteiger partial charge in [-0.1, -0.05) is 6.92 Å². The molecule has 0 aliphatic carbocycles. The minimum absolute atomic E-state index is 0.652. The number of nitrogens with one attached hydrogen (secondary N) is 1. The average Bonchev–Trinajstić information content (AvgIpc) is 2.29. The summed E-state index contributed by atoms with van der Waals surface area (Å²) in [5, 5.41) is 4.11. The number of nitrogens with zero attached hydrogens (tertiary/aromatic N) is 2. The first-order chi connectivity index (χ1) is 7.65. The first-order valence-corrected chi connectivity index (χ1v) is 6.77. The fraction of sp³-hybridized carbons (Fsp3) is 0.583. The van der Waals surface area contributed by atoms with E-state index in [1.165, 1.54) is 11.3 Å². The van der Waals surface area contributed by atoms with Gasteiger partial charge >= 0.3 is 0 Å². The maximum Gasteiger partial charge on any atom is 0.0437 e. The fourth-order valence-electron chi connectivity index (χ4n) is 1.49. The first kappa shape index (κ1) is 13.3. The predicted octanol–water partition coefficient (Wildman–Crippen LogP) is 1.99. The smallest absolute Gasteiger partial charge is 0.0437 e. The lowest BCUT2D eigenvalue weighted by molar-refractivity contribution is 0.682. The van der Waals surface area contributed by atoms with Crippen LogP contribution in [0.25, 0.3) is 0 Å². The van der Waals surface area contributed by atoms with Gasteiger partial charge in [-0.3, -0.25) is 4.98 Å². The lowest BCUT2D eigenvalue weighted by atomic mass is 10.2. The lowest BCUT2D eigenvalue weighted by Crippen LogP contribution is -2.23. The minimum Gasteiger partial charge on any atom is -0.377 e. The summed E-state index contributed by atoms with van der Waals surface area (Å²) >= 11 is 1.88. The monoisotopic (exact) mass is 239 g/mol. The molecule has 0 spiro atoms. The number of rotatable bonds is 6. The second-order valence-electron chi connectivity index (χ2n) is 4.08. The molecule has 16 heavy (non-hydrogen) atoms. The Morgan fingerprint density at radius 1 is 1.50 bits per heavy atom. The van der Waals surface area contributed by atoms with Crippen LogP contribution in [0.5, 0.6) is 0 Å². The molecule has 0 aliphatic rings. The number of aromatic nitrogens is 1. The number of hydrogen-bond donors (Lipinski definition) is 1. The Bertz CT molecular complexity index is 315. The highest BCUT2D eigenvalue weighted by molar-refractivity contribution is 7.99. The van der Waals surface area contributed by atoms with Crippen LogP contribution in [0, 0.1) is 0 Å². The maximum atomic E-state index is 4.17. The van der Waals surface area contributed by atoms with Crippen LogP contribution < -0.4 is 10.2 Å². The zero-order valence-corrected chi connectivity index (χ0v) is 11.3. The minimum atomic E-state index is 0.652. The van der Waals surface area contributed by atoms with E-state index in [1.54, 1.807) is 0 Å². The molecular weight excluding hydrogens is 218 g/mol. The third-order valence-electron chi connectivity index (χ3n) is 2.51. The molecule has 0 aromatic carbocycles. The normalized spacial score (nSPS) is 12.5. The Morgan fingerprint density at radius 2 is 2.25 bits per heavy atom. The molecule has 1 atom stereocenters. The van der Waals surface area contributed by atoms with Crippen LogP contribution in [-0.2, 0) is 6.54 Å². The van der Waals surface area contributed by atoms with E-state index in [2.05, 4.69) is 48.5 Å². The molecule has 0 saturated heterocycles. The van der Waals surface area contributed by atoms with Crippen molar-refractivity contribution in [2.75, 3.05) is 31.8 Å². The molecule has 0 aliphatic heterocycles. The molecule has 4 heteroatoms. The van der Waals surface area contributed by atoms with Gasteiger partial charge < -0.3 is 10.2 Å². The topological polar surface area (TPSA) is 28.2 Å². The fourth-order valence-corrected chi connectivity index (χ4v) is 1.77. The standard InChI is InChI=1S/C12H21N3S/c1-10(16-4)7-14-9-11-8-13-6-5-12(11)15(2)3/h5-6,8,10,14H,7,9H2,1-4H3. The summed E-state index contributed by atoms with van der Waals surface area (Å²) in [6.07, 6.45) is 5.91. The molecule has 3 nitrogen and oxygen atoms in total. The van der Waals surface area contributed by atoms with E-state index in [9.17, 15) is 0 Å². The summed E-state index contributed by atoms with van der Waals surface area (Å²) in [6.45, 7) is 4.14. The second-order valence-corrected chi connectivity index (χ2v) is 5.35. The van der Waals surface area contributed by atoms with Crippen molar-refractivity contribution in [2.45, 2.75) is 18.7 Å². The number of pyridine rings is 1. The number of hydrogen-bond acceptors (Lipinski definition) is 4. The Labute approximate surface area is 103 Å². The predicted molar refractivity (Wildman–Crippen MR) is 73.2 cm³/mol. The van der Waals surface area contributed by atoms with Crippen molar-refractivity contribution in [3.05, 3.63) is 24.0 Å². The highest BCUT2D eigenvalue weighted by atomic mass is 32.2. The molecule has 1 heterocycles. The molecule has 0 fully saturated rings. The van der Waals surface area contributed by atoms with Gasteiger partial charge in [0.25, 0.3) is 0 Å². The molecule has 1 rings (SSSR count). The summed E-state index contributed by atoms with van der Waals surface area (Å²) in [4.78, 5) is 6.30. The zero-order valence-electron chi connectivity index (χ0n) is 10.5. The molecule has 90 valence electrons. The molecule has 0 saturated carbocycles. The highest BCUT2D eigenvalue weighted by Crippen LogP contribution is 2.16. The number of thioether (sulfide) groups is 1. The molecule has 0 amide bonds. The molecule has 1 aromatic heterocycles. The summed E-state index contributed by atoms with van der Waals surface area (Å²) in [5.41, 5.74) is 2.49. The largest absolute Gasteiger partial charge is 0.377 e. The van der Waals surface area contributed by atoms with Gasteiger partial charge in [-0.05, 0) is 12.3 Å². The quantitative estimate of drug-likeness (QED) is 0.822. The van der Waals surface area contributed by atoms with Crippen LogP contribution >= 0.6 is 11.8 Å². The van der Waals surface area contributed by atoms with Crippen LogP contribution in [0.1, 0.15) is 12.5 Å². The van der Waals surface area contributed by atoms with Crippen LogP contribution in [0.2, 0.25) is 0 Å². The third kappa shape index (κ3) is 4.02. The van der Waals surface area contributed by atoms with E-state index < -0.39 is 0 Å². The van der Waals surface area contributed by atoms with E-state index in [0.29, 0.717) is 5.25 Å². The maximum absolute atomic E-state index is 4.17. The molecular formula is C12H21N3S. The van der Waals surface area contributed by atoms with Crippen molar-refractivity contribution in [2.24, 2.45) is 0 Å². The van der Waals surface area contributed by atoms with Gasteiger partial charge in [-0.2, -0.15) is 11.8 Å². The van der Waals surface area contributed by atoms with E-state index in [4.69, 9.17) is 0 Å². The van der Waals surface area contributed by atoms with Gasteiger partial charge in [0.1, 0.15) is 0 Å². The van der Waals surface area contributed by atoms with E-state index in [1.807, 2.05) is 24.2 Å². The second kappa shape index (κ2) is 6.76. The third-order valence-corrected chi connectivity index (χ3v) is 3.48. The summed E-state index contributed by atoms with van der Waals surface area (Å²) in [5.74, 6) is 0. The lowest BCUT2D eigenvalue weighted by Gasteiger charge is -2.17. The van der Waals surface area contributed by atoms with Gasteiger partial charge in [0.2, 0.25) is 0 Å². The SMILES string of the molecule is CSC(C)CNCc1cnccc1N(C)C. The number of anilines is 1. The highest BCUT2D eigenvalue weighted by Gasteiger charge is 2.04. The van der Waals surface area contributed by atoms with Crippen molar-refractivity contribution >= 4 is 17.4 Å². The van der Waals surface area contributed by atoms with Gasteiger partial charge in [0.15, 0.2) is 0 Å². The molecule has 1 unspecified atom stereocenters. The van der Waals surface area contributed by atoms with E-state index in [-0.39, 0.29) is 0 Å².